The van der Waals surface area contributed by atoms with E-state index in [2.05, 4.69) is 29.0 Å². The molecule has 21 heavy (non-hydrogen) atoms. The normalized spacial score (nSPS) is 23.8. The van der Waals surface area contributed by atoms with Crippen molar-refractivity contribution in [3.8, 4) is 0 Å². The Labute approximate surface area is 137 Å². The van der Waals surface area contributed by atoms with Gasteiger partial charge in [0, 0.05) is 11.4 Å². The van der Waals surface area contributed by atoms with Crippen molar-refractivity contribution < 1.29 is 4.79 Å². The Morgan fingerprint density at radius 1 is 1.48 bits per heavy atom. The summed E-state index contributed by atoms with van der Waals surface area (Å²) in [4.78, 5) is 13.9. The second-order valence-electron chi connectivity index (χ2n) is 6.52. The van der Waals surface area contributed by atoms with Crippen LogP contribution in [0, 0.1) is 5.41 Å². The first-order valence-corrected chi connectivity index (χ1v) is 8.61. The molecule has 0 radical (unpaired) electrons. The van der Waals surface area contributed by atoms with Gasteiger partial charge in [0.15, 0.2) is 0 Å². The fourth-order valence-corrected chi connectivity index (χ4v) is 4.38. The minimum atomic E-state index is 0. The molecule has 1 saturated heterocycles. The van der Waals surface area contributed by atoms with E-state index in [0.717, 1.165) is 51.7 Å². The molecular formula is C16H25ClN2OS. The molecule has 118 valence electrons. The molecule has 0 saturated carbocycles. The van der Waals surface area contributed by atoms with Crippen LogP contribution >= 0.6 is 23.7 Å². The lowest BCUT2D eigenvalue weighted by Crippen LogP contribution is -2.44. The predicted molar refractivity (Wildman–Crippen MR) is 90.5 cm³/mol. The number of amides is 1. The van der Waals surface area contributed by atoms with Crippen LogP contribution in [0.4, 0.5) is 0 Å². The van der Waals surface area contributed by atoms with Crippen molar-refractivity contribution >= 4 is 29.7 Å². The largest absolute Gasteiger partial charge is 0.355 e. The van der Waals surface area contributed by atoms with Gasteiger partial charge in [0.05, 0.1) is 5.92 Å². The molecule has 1 unspecified atom stereocenters. The second-order valence-corrected chi connectivity index (χ2v) is 7.52. The maximum atomic E-state index is 12.5. The van der Waals surface area contributed by atoms with E-state index < -0.39 is 0 Å². The van der Waals surface area contributed by atoms with Crippen LogP contribution in [0.2, 0.25) is 0 Å². The Hall–Kier alpha value is -0.580. The maximum Gasteiger partial charge on any atom is 0.227 e. The highest BCUT2D eigenvalue weighted by Crippen LogP contribution is 2.35. The number of nitrogens with one attached hydrogen (secondary N) is 2. The van der Waals surface area contributed by atoms with Gasteiger partial charge < -0.3 is 10.6 Å². The van der Waals surface area contributed by atoms with Crippen LogP contribution < -0.4 is 10.6 Å². The summed E-state index contributed by atoms with van der Waals surface area (Å²) in [5.41, 5.74) is 1.56. The lowest BCUT2D eigenvalue weighted by atomic mass is 9.80. The zero-order valence-electron chi connectivity index (χ0n) is 12.6. The highest BCUT2D eigenvalue weighted by molar-refractivity contribution is 7.10. The summed E-state index contributed by atoms with van der Waals surface area (Å²) in [5, 5.41) is 8.75. The zero-order valence-corrected chi connectivity index (χ0v) is 14.2. The molecule has 1 aliphatic carbocycles. The SMILES string of the molecule is CC1(CNC(=O)C2CCCc3sccc32)CCNCC1.Cl. The molecule has 1 aliphatic heterocycles. The van der Waals surface area contributed by atoms with E-state index in [1.807, 2.05) is 0 Å². The Morgan fingerprint density at radius 3 is 3.00 bits per heavy atom. The molecular weight excluding hydrogens is 304 g/mol. The van der Waals surface area contributed by atoms with Crippen molar-refractivity contribution in [1.82, 2.24) is 10.6 Å². The Balaban J connectivity index is 0.00000161. The van der Waals surface area contributed by atoms with Crippen molar-refractivity contribution in [2.75, 3.05) is 19.6 Å². The van der Waals surface area contributed by atoms with Crippen LogP contribution in [-0.2, 0) is 11.2 Å². The standard InChI is InChI=1S/C16H24N2OS.ClH/c1-16(6-8-17-9-7-16)11-18-15(19)13-3-2-4-14-12(13)5-10-20-14;/h5,10,13,17H,2-4,6-9,11H2,1H3,(H,18,19);1H. The molecule has 3 nitrogen and oxygen atoms in total. The smallest absolute Gasteiger partial charge is 0.227 e. The third-order valence-corrected chi connectivity index (χ3v) is 5.86. The number of aryl methyl sites for hydroxylation is 1. The number of fused-ring (bicyclic) bond motifs is 1. The number of halogens is 1. The summed E-state index contributed by atoms with van der Waals surface area (Å²) < 4.78 is 0. The van der Waals surface area contributed by atoms with E-state index in [-0.39, 0.29) is 29.6 Å². The summed E-state index contributed by atoms with van der Waals surface area (Å²) in [7, 11) is 0. The molecule has 1 fully saturated rings. The number of hydrogen-bond donors (Lipinski definition) is 2. The molecule has 1 aromatic heterocycles. The third kappa shape index (κ3) is 3.79. The summed E-state index contributed by atoms with van der Waals surface area (Å²) in [6.07, 6.45) is 5.62. The van der Waals surface area contributed by atoms with E-state index in [1.165, 1.54) is 10.4 Å². The van der Waals surface area contributed by atoms with E-state index in [1.54, 1.807) is 11.3 Å². The average molecular weight is 329 g/mol. The minimum absolute atomic E-state index is 0. The highest BCUT2D eigenvalue weighted by Gasteiger charge is 2.31. The molecule has 2 N–H and O–H groups in total. The van der Waals surface area contributed by atoms with Crippen LogP contribution in [0.1, 0.15) is 49.0 Å². The van der Waals surface area contributed by atoms with Crippen LogP contribution in [0.15, 0.2) is 11.4 Å². The first kappa shape index (κ1) is 16.8. The van der Waals surface area contributed by atoms with Gasteiger partial charge in [-0.1, -0.05) is 6.92 Å². The first-order valence-electron chi connectivity index (χ1n) is 7.73. The van der Waals surface area contributed by atoms with Gasteiger partial charge in [-0.3, -0.25) is 4.79 Å². The minimum Gasteiger partial charge on any atom is -0.355 e. The van der Waals surface area contributed by atoms with Crippen LogP contribution in [-0.4, -0.2) is 25.5 Å². The Kier molecular flexibility index (Phi) is 5.69. The maximum absolute atomic E-state index is 12.5. The first-order chi connectivity index (χ1) is 9.68. The van der Waals surface area contributed by atoms with Gasteiger partial charge in [-0.05, 0) is 67.6 Å². The van der Waals surface area contributed by atoms with Gasteiger partial charge >= 0.3 is 0 Å². The molecule has 0 spiro atoms. The quantitative estimate of drug-likeness (QED) is 0.895. The number of rotatable bonds is 3. The van der Waals surface area contributed by atoms with Crippen molar-refractivity contribution in [1.29, 1.82) is 0 Å². The molecule has 0 aromatic carbocycles. The van der Waals surface area contributed by atoms with Gasteiger partial charge in [0.2, 0.25) is 5.91 Å². The number of thiophene rings is 1. The molecule has 5 heteroatoms. The van der Waals surface area contributed by atoms with Gasteiger partial charge in [0.1, 0.15) is 0 Å². The van der Waals surface area contributed by atoms with Crippen molar-refractivity contribution in [2.45, 2.75) is 44.9 Å². The molecule has 2 heterocycles. The molecule has 3 rings (SSSR count). The topological polar surface area (TPSA) is 41.1 Å². The molecule has 1 amide bonds. The Bertz CT molecular complexity index is 482. The van der Waals surface area contributed by atoms with Crippen molar-refractivity contribution in [3.05, 3.63) is 21.9 Å². The van der Waals surface area contributed by atoms with E-state index in [4.69, 9.17) is 0 Å². The second kappa shape index (κ2) is 7.12. The lowest BCUT2D eigenvalue weighted by Gasteiger charge is -2.34. The summed E-state index contributed by atoms with van der Waals surface area (Å²) in [5.74, 6) is 0.333. The van der Waals surface area contributed by atoms with Crippen molar-refractivity contribution in [3.63, 3.8) is 0 Å². The van der Waals surface area contributed by atoms with Crippen LogP contribution in [0.5, 0.6) is 0 Å². The molecule has 2 aliphatic rings. The fourth-order valence-electron chi connectivity index (χ4n) is 3.39. The highest BCUT2D eigenvalue weighted by atomic mass is 35.5. The monoisotopic (exact) mass is 328 g/mol. The number of carbonyl (C=O) groups is 1. The zero-order chi connectivity index (χ0) is 14.0. The van der Waals surface area contributed by atoms with Crippen molar-refractivity contribution in [2.24, 2.45) is 5.41 Å². The lowest BCUT2D eigenvalue weighted by molar-refractivity contribution is -0.123. The fraction of sp³-hybridized carbons (Fsp3) is 0.688. The predicted octanol–water partition coefficient (Wildman–Crippen LogP) is 3.10. The molecule has 1 atom stereocenters. The Morgan fingerprint density at radius 2 is 2.24 bits per heavy atom. The van der Waals surface area contributed by atoms with E-state index in [9.17, 15) is 4.79 Å². The van der Waals surface area contributed by atoms with Gasteiger partial charge in [-0.2, -0.15) is 0 Å². The summed E-state index contributed by atoms with van der Waals surface area (Å²) in [6, 6.07) is 2.15. The van der Waals surface area contributed by atoms with Gasteiger partial charge in [-0.15, -0.1) is 23.7 Å². The molecule has 0 bridgehead atoms. The molecule has 1 aromatic rings. The number of carbonyl (C=O) groups excluding carboxylic acids is 1. The summed E-state index contributed by atoms with van der Waals surface area (Å²) in [6.45, 7) is 5.27. The van der Waals surface area contributed by atoms with Crippen LogP contribution in [0.25, 0.3) is 0 Å². The van der Waals surface area contributed by atoms with E-state index >= 15 is 0 Å². The third-order valence-electron chi connectivity index (χ3n) is 4.87. The number of piperidine rings is 1. The average Bonchev–Trinajstić information content (AvgIpc) is 2.94. The van der Waals surface area contributed by atoms with Crippen LogP contribution in [0.3, 0.4) is 0 Å². The number of hydrogen-bond acceptors (Lipinski definition) is 3. The van der Waals surface area contributed by atoms with E-state index in [0.29, 0.717) is 0 Å². The summed E-state index contributed by atoms with van der Waals surface area (Å²) >= 11 is 1.80. The van der Waals surface area contributed by atoms with Gasteiger partial charge in [-0.25, -0.2) is 0 Å². The van der Waals surface area contributed by atoms with Gasteiger partial charge in [0.25, 0.3) is 0 Å².